The van der Waals surface area contributed by atoms with Crippen LogP contribution in [0.25, 0.3) is 0 Å². The molecule has 0 unspecified atom stereocenters. The molecule has 0 aromatic carbocycles. The molecule has 1 fully saturated rings. The Kier molecular flexibility index (Phi) is 3.66. The van der Waals surface area contributed by atoms with Crippen LogP contribution in [0.2, 0.25) is 0 Å². The molecular formula is C9H14BrN3O2S. The van der Waals surface area contributed by atoms with Crippen molar-refractivity contribution >= 4 is 26.0 Å². The lowest BCUT2D eigenvalue weighted by molar-refractivity contribution is 0.422. The highest BCUT2D eigenvalue weighted by molar-refractivity contribution is 9.09. The van der Waals surface area contributed by atoms with E-state index in [9.17, 15) is 8.42 Å². The Hall–Kier alpha value is -0.400. The molecule has 0 amide bonds. The van der Waals surface area contributed by atoms with Crippen LogP contribution in [0.5, 0.6) is 0 Å². The molecule has 1 aliphatic rings. The molecule has 7 heteroatoms. The van der Waals surface area contributed by atoms with Gasteiger partial charge >= 0.3 is 0 Å². The SMILES string of the molecule is O=S(=O)(NC1CCC(Br)CC1)c1cnc[nH]1. The average Bonchev–Trinajstić information content (AvgIpc) is 2.75. The van der Waals surface area contributed by atoms with E-state index in [1.54, 1.807) is 0 Å². The van der Waals surface area contributed by atoms with Gasteiger partial charge in [0.1, 0.15) is 0 Å². The van der Waals surface area contributed by atoms with Crippen molar-refractivity contribution in [3.05, 3.63) is 12.5 Å². The molecule has 1 heterocycles. The number of aromatic nitrogens is 2. The normalized spacial score (nSPS) is 26.8. The topological polar surface area (TPSA) is 74.8 Å². The maximum atomic E-state index is 11.8. The van der Waals surface area contributed by atoms with Crippen LogP contribution in [-0.4, -0.2) is 29.3 Å². The van der Waals surface area contributed by atoms with Gasteiger partial charge in [-0.3, -0.25) is 0 Å². The van der Waals surface area contributed by atoms with Crippen LogP contribution in [0.15, 0.2) is 17.6 Å². The summed E-state index contributed by atoms with van der Waals surface area (Å²) < 4.78 is 26.4. The van der Waals surface area contributed by atoms with E-state index >= 15 is 0 Å². The van der Waals surface area contributed by atoms with E-state index in [0.717, 1.165) is 25.7 Å². The molecule has 1 aromatic heterocycles. The van der Waals surface area contributed by atoms with Gasteiger partial charge in [0.05, 0.1) is 12.5 Å². The molecule has 0 saturated heterocycles. The molecular weight excluding hydrogens is 294 g/mol. The number of hydrogen-bond acceptors (Lipinski definition) is 3. The summed E-state index contributed by atoms with van der Waals surface area (Å²) in [6.45, 7) is 0. The van der Waals surface area contributed by atoms with Gasteiger partial charge in [-0.2, -0.15) is 0 Å². The summed E-state index contributed by atoms with van der Waals surface area (Å²) in [5.74, 6) is 0. The van der Waals surface area contributed by atoms with Crippen molar-refractivity contribution < 1.29 is 8.42 Å². The Morgan fingerprint density at radius 3 is 2.62 bits per heavy atom. The van der Waals surface area contributed by atoms with Gasteiger partial charge < -0.3 is 4.98 Å². The van der Waals surface area contributed by atoms with Gasteiger partial charge in [0, 0.05) is 10.9 Å². The smallest absolute Gasteiger partial charge is 0.257 e. The van der Waals surface area contributed by atoms with Crippen LogP contribution in [0.3, 0.4) is 0 Å². The number of imidazole rings is 1. The fourth-order valence-electron chi connectivity index (χ4n) is 1.84. The zero-order valence-electron chi connectivity index (χ0n) is 8.69. The van der Waals surface area contributed by atoms with Gasteiger partial charge in [-0.1, -0.05) is 15.9 Å². The fourth-order valence-corrected chi connectivity index (χ4v) is 3.58. The van der Waals surface area contributed by atoms with E-state index in [0.29, 0.717) is 4.83 Å². The molecule has 0 aliphatic heterocycles. The van der Waals surface area contributed by atoms with E-state index in [2.05, 4.69) is 30.6 Å². The summed E-state index contributed by atoms with van der Waals surface area (Å²) in [4.78, 5) is 6.84. The maximum Gasteiger partial charge on any atom is 0.257 e. The molecule has 2 N–H and O–H groups in total. The molecule has 1 aromatic rings. The highest BCUT2D eigenvalue weighted by atomic mass is 79.9. The molecule has 5 nitrogen and oxygen atoms in total. The van der Waals surface area contributed by atoms with Crippen LogP contribution < -0.4 is 4.72 Å². The first-order valence-electron chi connectivity index (χ1n) is 5.23. The lowest BCUT2D eigenvalue weighted by Crippen LogP contribution is -2.37. The standard InChI is InChI=1S/C9H14BrN3O2S/c10-7-1-3-8(4-2-7)13-16(14,15)9-5-11-6-12-9/h5-8,13H,1-4H2,(H,11,12). The first kappa shape index (κ1) is 12.1. The van der Waals surface area contributed by atoms with Crippen molar-refractivity contribution in [1.29, 1.82) is 0 Å². The minimum absolute atomic E-state index is 0.0436. The third-order valence-electron chi connectivity index (χ3n) is 2.74. The van der Waals surface area contributed by atoms with Crippen LogP contribution in [0.4, 0.5) is 0 Å². The van der Waals surface area contributed by atoms with Crippen LogP contribution >= 0.6 is 15.9 Å². The first-order valence-corrected chi connectivity index (χ1v) is 7.62. The van der Waals surface area contributed by atoms with Crippen LogP contribution in [0, 0.1) is 0 Å². The van der Waals surface area contributed by atoms with Crippen molar-refractivity contribution in [3.63, 3.8) is 0 Å². The molecule has 16 heavy (non-hydrogen) atoms. The van der Waals surface area contributed by atoms with Crippen molar-refractivity contribution in [1.82, 2.24) is 14.7 Å². The largest absolute Gasteiger partial charge is 0.335 e. The Bertz CT molecular complexity index is 424. The summed E-state index contributed by atoms with van der Waals surface area (Å²) in [7, 11) is -3.42. The van der Waals surface area contributed by atoms with Crippen molar-refractivity contribution in [2.75, 3.05) is 0 Å². The van der Waals surface area contributed by atoms with E-state index in [1.807, 2.05) is 0 Å². The third-order valence-corrected chi connectivity index (χ3v) is 5.10. The molecule has 0 atom stereocenters. The average molecular weight is 308 g/mol. The predicted octanol–water partition coefficient (Wildman–Crippen LogP) is 1.39. The zero-order chi connectivity index (χ0) is 11.6. The molecule has 0 radical (unpaired) electrons. The summed E-state index contributed by atoms with van der Waals surface area (Å²) in [5.41, 5.74) is 0. The van der Waals surface area contributed by atoms with Crippen molar-refractivity contribution in [3.8, 4) is 0 Å². The number of hydrogen-bond donors (Lipinski definition) is 2. The lowest BCUT2D eigenvalue weighted by atomic mass is 9.96. The molecule has 90 valence electrons. The number of H-pyrrole nitrogens is 1. The van der Waals surface area contributed by atoms with Gasteiger partial charge in [0.2, 0.25) is 0 Å². The number of halogens is 1. The van der Waals surface area contributed by atoms with E-state index in [1.165, 1.54) is 12.5 Å². The third kappa shape index (κ3) is 2.83. The van der Waals surface area contributed by atoms with E-state index in [4.69, 9.17) is 0 Å². The highest BCUT2D eigenvalue weighted by Gasteiger charge is 2.25. The number of nitrogens with zero attached hydrogens (tertiary/aromatic N) is 1. The molecule has 0 bridgehead atoms. The Balaban J connectivity index is 2.00. The number of rotatable bonds is 3. The van der Waals surface area contributed by atoms with Gasteiger partial charge in [0.15, 0.2) is 5.03 Å². The number of aromatic amines is 1. The monoisotopic (exact) mass is 307 g/mol. The van der Waals surface area contributed by atoms with Crippen molar-refractivity contribution in [2.24, 2.45) is 0 Å². The second kappa shape index (κ2) is 4.85. The number of nitrogens with one attached hydrogen (secondary N) is 2. The lowest BCUT2D eigenvalue weighted by Gasteiger charge is -2.25. The summed E-state index contributed by atoms with van der Waals surface area (Å²) in [6.07, 6.45) is 6.46. The quantitative estimate of drug-likeness (QED) is 0.829. The maximum absolute atomic E-state index is 11.8. The van der Waals surface area contributed by atoms with E-state index < -0.39 is 10.0 Å². The Labute approximate surface area is 103 Å². The zero-order valence-corrected chi connectivity index (χ0v) is 11.1. The van der Waals surface area contributed by atoms with Gasteiger partial charge in [-0.05, 0) is 25.7 Å². The van der Waals surface area contributed by atoms with Gasteiger partial charge in [-0.15, -0.1) is 0 Å². The number of alkyl halides is 1. The first-order chi connectivity index (χ1) is 7.58. The van der Waals surface area contributed by atoms with E-state index in [-0.39, 0.29) is 11.1 Å². The molecule has 2 rings (SSSR count). The summed E-state index contributed by atoms with van der Waals surface area (Å²) in [6, 6.07) is 0.0436. The van der Waals surface area contributed by atoms with Crippen LogP contribution in [0.1, 0.15) is 25.7 Å². The molecule has 0 spiro atoms. The summed E-state index contributed by atoms with van der Waals surface area (Å²) in [5, 5.41) is 0.133. The number of sulfonamides is 1. The second-order valence-electron chi connectivity index (χ2n) is 3.99. The minimum atomic E-state index is -3.42. The fraction of sp³-hybridized carbons (Fsp3) is 0.667. The molecule has 1 saturated carbocycles. The molecule has 1 aliphatic carbocycles. The summed E-state index contributed by atoms with van der Waals surface area (Å²) >= 11 is 3.54. The van der Waals surface area contributed by atoms with Gasteiger partial charge in [0.25, 0.3) is 10.0 Å². The minimum Gasteiger partial charge on any atom is -0.335 e. The Morgan fingerprint density at radius 1 is 1.38 bits per heavy atom. The Morgan fingerprint density at radius 2 is 2.06 bits per heavy atom. The predicted molar refractivity (Wildman–Crippen MR) is 63.9 cm³/mol. The van der Waals surface area contributed by atoms with Crippen LogP contribution in [-0.2, 0) is 10.0 Å². The van der Waals surface area contributed by atoms with Gasteiger partial charge in [-0.25, -0.2) is 18.1 Å². The highest BCUT2D eigenvalue weighted by Crippen LogP contribution is 2.25. The van der Waals surface area contributed by atoms with Crippen molar-refractivity contribution in [2.45, 2.75) is 41.6 Å². The second-order valence-corrected chi connectivity index (χ2v) is 6.96.